The second kappa shape index (κ2) is 8.08. The van der Waals surface area contributed by atoms with Gasteiger partial charge in [-0.05, 0) is 57.5 Å². The van der Waals surface area contributed by atoms with Gasteiger partial charge in [0.1, 0.15) is 0 Å². The Labute approximate surface area is 101 Å². The molecule has 0 heterocycles. The summed E-state index contributed by atoms with van der Waals surface area (Å²) in [6, 6.07) is 0. The predicted molar refractivity (Wildman–Crippen MR) is 69.6 cm³/mol. The van der Waals surface area contributed by atoms with Gasteiger partial charge >= 0.3 is 0 Å². The highest BCUT2D eigenvalue weighted by molar-refractivity contribution is 4.72. The number of aliphatic hydroxyl groups excluding tert-OH is 1. The zero-order chi connectivity index (χ0) is 11.8. The third-order valence-electron chi connectivity index (χ3n) is 3.90. The monoisotopic (exact) mass is 227 g/mol. The number of hydrogen-bond acceptors (Lipinski definition) is 2. The average molecular weight is 227 g/mol. The van der Waals surface area contributed by atoms with Gasteiger partial charge < -0.3 is 10.0 Å². The van der Waals surface area contributed by atoms with Crippen LogP contribution in [0, 0.1) is 11.8 Å². The maximum absolute atomic E-state index is 8.70. The molecule has 1 rings (SSSR count). The highest BCUT2D eigenvalue weighted by Crippen LogP contribution is 2.28. The molecule has 0 radical (unpaired) electrons. The van der Waals surface area contributed by atoms with E-state index in [4.69, 9.17) is 5.11 Å². The SMILES string of the molecule is CC1CCC(CN(C)CCCCCO)CC1. The Balaban J connectivity index is 2.02. The van der Waals surface area contributed by atoms with Gasteiger partial charge in [0, 0.05) is 13.2 Å². The van der Waals surface area contributed by atoms with Gasteiger partial charge in [0.2, 0.25) is 0 Å². The van der Waals surface area contributed by atoms with E-state index < -0.39 is 0 Å². The molecule has 2 heteroatoms. The lowest BCUT2D eigenvalue weighted by atomic mass is 9.83. The van der Waals surface area contributed by atoms with Crippen molar-refractivity contribution in [1.29, 1.82) is 0 Å². The lowest BCUT2D eigenvalue weighted by Crippen LogP contribution is -2.29. The molecule has 16 heavy (non-hydrogen) atoms. The fourth-order valence-electron chi connectivity index (χ4n) is 2.71. The van der Waals surface area contributed by atoms with E-state index in [1.54, 1.807) is 0 Å². The minimum atomic E-state index is 0.351. The highest BCUT2D eigenvalue weighted by atomic mass is 16.2. The van der Waals surface area contributed by atoms with Crippen LogP contribution in [-0.2, 0) is 0 Å². The highest BCUT2D eigenvalue weighted by Gasteiger charge is 2.18. The van der Waals surface area contributed by atoms with E-state index in [1.165, 1.54) is 51.6 Å². The fourth-order valence-corrected chi connectivity index (χ4v) is 2.71. The average Bonchev–Trinajstić information content (AvgIpc) is 2.28. The quantitative estimate of drug-likeness (QED) is 0.676. The van der Waals surface area contributed by atoms with E-state index >= 15 is 0 Å². The van der Waals surface area contributed by atoms with Crippen molar-refractivity contribution in [2.24, 2.45) is 11.8 Å². The van der Waals surface area contributed by atoms with E-state index in [1.807, 2.05) is 0 Å². The summed E-state index contributed by atoms with van der Waals surface area (Å²) in [5.74, 6) is 1.91. The molecule has 0 aromatic rings. The van der Waals surface area contributed by atoms with Crippen molar-refractivity contribution in [2.75, 3.05) is 26.7 Å². The second-order valence-corrected chi connectivity index (χ2v) is 5.67. The number of hydrogen-bond donors (Lipinski definition) is 1. The van der Waals surface area contributed by atoms with Crippen LogP contribution in [-0.4, -0.2) is 36.8 Å². The van der Waals surface area contributed by atoms with Gasteiger partial charge in [-0.25, -0.2) is 0 Å². The minimum Gasteiger partial charge on any atom is -0.396 e. The van der Waals surface area contributed by atoms with E-state index in [2.05, 4.69) is 18.9 Å². The Kier molecular flexibility index (Phi) is 7.06. The maximum atomic E-state index is 8.70. The van der Waals surface area contributed by atoms with Gasteiger partial charge in [0.25, 0.3) is 0 Å². The first-order valence-electron chi connectivity index (χ1n) is 7.01. The molecule has 1 aliphatic carbocycles. The largest absolute Gasteiger partial charge is 0.396 e. The van der Waals surface area contributed by atoms with Crippen molar-refractivity contribution >= 4 is 0 Å². The lowest BCUT2D eigenvalue weighted by molar-refractivity contribution is 0.205. The second-order valence-electron chi connectivity index (χ2n) is 5.67. The van der Waals surface area contributed by atoms with Crippen molar-refractivity contribution < 1.29 is 5.11 Å². The van der Waals surface area contributed by atoms with E-state index in [0.29, 0.717) is 6.61 Å². The maximum Gasteiger partial charge on any atom is 0.0431 e. The molecule has 0 saturated heterocycles. The first-order chi connectivity index (χ1) is 7.72. The molecule has 0 aliphatic heterocycles. The minimum absolute atomic E-state index is 0.351. The van der Waals surface area contributed by atoms with Crippen molar-refractivity contribution in [3.8, 4) is 0 Å². The van der Waals surface area contributed by atoms with E-state index in [9.17, 15) is 0 Å². The Morgan fingerprint density at radius 2 is 1.75 bits per heavy atom. The summed E-state index contributed by atoms with van der Waals surface area (Å²) in [5, 5.41) is 8.70. The van der Waals surface area contributed by atoms with Crippen molar-refractivity contribution in [3.05, 3.63) is 0 Å². The van der Waals surface area contributed by atoms with Crippen molar-refractivity contribution in [2.45, 2.75) is 51.9 Å². The van der Waals surface area contributed by atoms with Crippen molar-refractivity contribution in [1.82, 2.24) is 4.90 Å². The standard InChI is InChI=1S/C14H29NO/c1-13-6-8-14(9-7-13)12-15(2)10-4-3-5-11-16/h13-14,16H,3-12H2,1-2H3. The lowest BCUT2D eigenvalue weighted by Gasteiger charge is -2.29. The van der Waals surface area contributed by atoms with Crippen LogP contribution in [0.3, 0.4) is 0 Å². The molecule has 0 aromatic carbocycles. The van der Waals surface area contributed by atoms with Crippen LogP contribution in [0.25, 0.3) is 0 Å². The fraction of sp³-hybridized carbons (Fsp3) is 1.00. The molecule has 1 fully saturated rings. The predicted octanol–water partition coefficient (Wildman–Crippen LogP) is 2.91. The molecule has 0 bridgehead atoms. The molecular weight excluding hydrogens is 198 g/mol. The first-order valence-corrected chi connectivity index (χ1v) is 7.01. The number of aliphatic hydroxyl groups is 1. The topological polar surface area (TPSA) is 23.5 Å². The van der Waals surface area contributed by atoms with Crippen LogP contribution in [0.5, 0.6) is 0 Å². The Morgan fingerprint density at radius 3 is 2.38 bits per heavy atom. The van der Waals surface area contributed by atoms with Crippen LogP contribution >= 0.6 is 0 Å². The molecule has 1 saturated carbocycles. The molecule has 0 spiro atoms. The number of nitrogens with zero attached hydrogens (tertiary/aromatic N) is 1. The zero-order valence-electron chi connectivity index (χ0n) is 11.1. The Morgan fingerprint density at radius 1 is 1.06 bits per heavy atom. The molecule has 1 aliphatic rings. The number of unbranched alkanes of at least 4 members (excludes halogenated alkanes) is 2. The molecule has 0 unspecified atom stereocenters. The van der Waals surface area contributed by atoms with Gasteiger partial charge in [-0.15, -0.1) is 0 Å². The first kappa shape index (κ1) is 14.0. The van der Waals surface area contributed by atoms with Crippen LogP contribution in [0.15, 0.2) is 0 Å². The molecule has 0 amide bonds. The van der Waals surface area contributed by atoms with E-state index in [-0.39, 0.29) is 0 Å². The summed E-state index contributed by atoms with van der Waals surface area (Å²) in [7, 11) is 2.25. The normalized spacial score (nSPS) is 26.2. The van der Waals surface area contributed by atoms with Gasteiger partial charge in [-0.1, -0.05) is 19.8 Å². The summed E-state index contributed by atoms with van der Waals surface area (Å²) < 4.78 is 0. The smallest absolute Gasteiger partial charge is 0.0431 e. The summed E-state index contributed by atoms with van der Waals surface area (Å²) in [4.78, 5) is 2.48. The van der Waals surface area contributed by atoms with Crippen LogP contribution < -0.4 is 0 Å². The van der Waals surface area contributed by atoms with Gasteiger partial charge in [0.05, 0.1) is 0 Å². The van der Waals surface area contributed by atoms with Crippen LogP contribution in [0.1, 0.15) is 51.9 Å². The third-order valence-corrected chi connectivity index (χ3v) is 3.90. The molecule has 0 atom stereocenters. The van der Waals surface area contributed by atoms with Gasteiger partial charge in [-0.2, -0.15) is 0 Å². The van der Waals surface area contributed by atoms with Crippen LogP contribution in [0.4, 0.5) is 0 Å². The zero-order valence-corrected chi connectivity index (χ0v) is 11.1. The summed E-state index contributed by atoms with van der Waals surface area (Å²) in [5.41, 5.74) is 0. The summed E-state index contributed by atoms with van der Waals surface area (Å²) in [6.45, 7) is 5.22. The summed E-state index contributed by atoms with van der Waals surface area (Å²) >= 11 is 0. The molecule has 1 N–H and O–H groups in total. The summed E-state index contributed by atoms with van der Waals surface area (Å²) in [6.07, 6.45) is 9.10. The number of rotatable bonds is 7. The van der Waals surface area contributed by atoms with E-state index in [0.717, 1.165) is 18.3 Å². The molecular formula is C14H29NO. The molecule has 96 valence electrons. The van der Waals surface area contributed by atoms with Gasteiger partial charge in [-0.3, -0.25) is 0 Å². The third kappa shape index (κ3) is 5.86. The Bertz CT molecular complexity index is 164. The van der Waals surface area contributed by atoms with Crippen molar-refractivity contribution in [3.63, 3.8) is 0 Å². The van der Waals surface area contributed by atoms with Crippen LogP contribution in [0.2, 0.25) is 0 Å². The Hall–Kier alpha value is -0.0800. The van der Waals surface area contributed by atoms with Gasteiger partial charge in [0.15, 0.2) is 0 Å². The molecule has 0 aromatic heterocycles. The molecule has 2 nitrogen and oxygen atoms in total.